The maximum Gasteiger partial charge on any atom is 0.306 e. The summed E-state index contributed by atoms with van der Waals surface area (Å²) >= 11 is 0. The summed E-state index contributed by atoms with van der Waals surface area (Å²) in [6.07, 6.45) is 1.96. The molecule has 1 aliphatic rings. The first kappa shape index (κ1) is 19.6. The van der Waals surface area contributed by atoms with E-state index < -0.39 is 5.97 Å². The summed E-state index contributed by atoms with van der Waals surface area (Å²) in [6.45, 7) is 3.77. The van der Waals surface area contributed by atoms with Gasteiger partial charge < -0.3 is 10.1 Å². The quantitative estimate of drug-likeness (QED) is 0.536. The zero-order valence-corrected chi connectivity index (χ0v) is 15.1. The number of imide groups is 1. The highest BCUT2D eigenvalue weighted by Crippen LogP contribution is 2.22. The van der Waals surface area contributed by atoms with Crippen LogP contribution in [0.5, 0.6) is 0 Å². The van der Waals surface area contributed by atoms with Gasteiger partial charge in [0.2, 0.25) is 0 Å². The fraction of sp³-hybridized carbons (Fsp3) is 0.474. The van der Waals surface area contributed by atoms with Crippen LogP contribution in [0.1, 0.15) is 60.2 Å². The number of esters is 1. The molecule has 1 aromatic carbocycles. The van der Waals surface area contributed by atoms with Crippen molar-refractivity contribution in [1.29, 1.82) is 0 Å². The van der Waals surface area contributed by atoms with E-state index in [0.29, 0.717) is 17.5 Å². The summed E-state index contributed by atoms with van der Waals surface area (Å²) in [5.74, 6) is -1.54. The Morgan fingerprint density at radius 3 is 2.19 bits per heavy atom. The highest BCUT2D eigenvalue weighted by atomic mass is 16.5. The Labute approximate surface area is 152 Å². The summed E-state index contributed by atoms with van der Waals surface area (Å²) in [5.41, 5.74) is 0.774. The smallest absolute Gasteiger partial charge is 0.306 e. The molecule has 0 atom stereocenters. The van der Waals surface area contributed by atoms with Gasteiger partial charge in [0.15, 0.2) is 6.61 Å². The summed E-state index contributed by atoms with van der Waals surface area (Å²) in [7, 11) is 0. The van der Waals surface area contributed by atoms with Crippen LogP contribution in [0.2, 0.25) is 0 Å². The van der Waals surface area contributed by atoms with Gasteiger partial charge in [-0.1, -0.05) is 26.0 Å². The number of rotatable bonds is 9. The Kier molecular flexibility index (Phi) is 6.89. The Bertz CT molecular complexity index is 662. The van der Waals surface area contributed by atoms with Crippen molar-refractivity contribution in [2.45, 2.75) is 45.6 Å². The van der Waals surface area contributed by atoms with Crippen LogP contribution in [-0.2, 0) is 14.3 Å². The third kappa shape index (κ3) is 4.68. The predicted molar refractivity (Wildman–Crippen MR) is 94.5 cm³/mol. The second-order valence-electron chi connectivity index (χ2n) is 6.15. The Hall–Kier alpha value is -2.70. The van der Waals surface area contributed by atoms with Gasteiger partial charge in [-0.15, -0.1) is 0 Å². The summed E-state index contributed by atoms with van der Waals surface area (Å²) in [6, 6.07) is 6.72. The van der Waals surface area contributed by atoms with Crippen molar-refractivity contribution >= 4 is 23.7 Å². The number of ether oxygens (including phenoxy) is 1. The molecular formula is C19H24N2O5. The maximum absolute atomic E-state index is 12.2. The van der Waals surface area contributed by atoms with Crippen LogP contribution < -0.4 is 5.32 Å². The minimum atomic E-state index is -0.527. The van der Waals surface area contributed by atoms with Gasteiger partial charge in [-0.05, 0) is 31.4 Å². The van der Waals surface area contributed by atoms with E-state index in [0.717, 1.165) is 17.7 Å². The molecule has 1 N–H and O–H groups in total. The second kappa shape index (κ2) is 9.12. The van der Waals surface area contributed by atoms with Gasteiger partial charge in [0, 0.05) is 19.0 Å². The molecule has 140 valence electrons. The molecule has 0 saturated heterocycles. The molecule has 1 aliphatic heterocycles. The first-order chi connectivity index (χ1) is 12.5. The van der Waals surface area contributed by atoms with Crippen LogP contribution in [-0.4, -0.2) is 47.8 Å². The molecule has 0 fully saturated rings. The van der Waals surface area contributed by atoms with Gasteiger partial charge >= 0.3 is 5.97 Å². The Morgan fingerprint density at radius 1 is 1.08 bits per heavy atom. The number of carbonyl (C=O) groups is 4. The van der Waals surface area contributed by atoms with Crippen LogP contribution in [0.15, 0.2) is 24.3 Å². The zero-order valence-electron chi connectivity index (χ0n) is 15.1. The molecule has 0 aliphatic carbocycles. The first-order valence-electron chi connectivity index (χ1n) is 8.88. The van der Waals surface area contributed by atoms with Crippen LogP contribution in [0.25, 0.3) is 0 Å². The van der Waals surface area contributed by atoms with E-state index in [9.17, 15) is 19.2 Å². The van der Waals surface area contributed by atoms with E-state index >= 15 is 0 Å². The number of carbonyl (C=O) groups excluding carboxylic acids is 4. The number of nitrogens with one attached hydrogen (secondary N) is 1. The lowest BCUT2D eigenvalue weighted by Gasteiger charge is -2.15. The topological polar surface area (TPSA) is 92.8 Å². The monoisotopic (exact) mass is 360 g/mol. The number of nitrogens with zero attached hydrogens (tertiary/aromatic N) is 1. The van der Waals surface area contributed by atoms with Crippen molar-refractivity contribution in [3.63, 3.8) is 0 Å². The van der Waals surface area contributed by atoms with Gasteiger partial charge in [0.1, 0.15) is 0 Å². The van der Waals surface area contributed by atoms with Crippen molar-refractivity contribution in [2.75, 3.05) is 13.2 Å². The average molecular weight is 360 g/mol. The largest absolute Gasteiger partial charge is 0.456 e. The number of fused-ring (bicyclic) bond motifs is 1. The van der Waals surface area contributed by atoms with Gasteiger partial charge in [-0.3, -0.25) is 24.1 Å². The average Bonchev–Trinajstić information content (AvgIpc) is 2.89. The predicted octanol–water partition coefficient (Wildman–Crippen LogP) is 1.91. The lowest BCUT2D eigenvalue weighted by atomic mass is 10.1. The molecule has 0 aromatic heterocycles. The van der Waals surface area contributed by atoms with E-state index in [-0.39, 0.29) is 43.3 Å². The van der Waals surface area contributed by atoms with Crippen molar-refractivity contribution in [1.82, 2.24) is 10.2 Å². The van der Waals surface area contributed by atoms with E-state index in [1.165, 1.54) is 0 Å². The minimum absolute atomic E-state index is 0.0334. The summed E-state index contributed by atoms with van der Waals surface area (Å²) in [4.78, 5) is 48.9. The number of benzene rings is 1. The Morgan fingerprint density at radius 2 is 1.65 bits per heavy atom. The van der Waals surface area contributed by atoms with E-state index in [1.807, 2.05) is 13.8 Å². The molecule has 7 nitrogen and oxygen atoms in total. The van der Waals surface area contributed by atoms with Crippen molar-refractivity contribution < 1.29 is 23.9 Å². The summed E-state index contributed by atoms with van der Waals surface area (Å²) in [5, 5.41) is 2.78. The zero-order chi connectivity index (χ0) is 19.1. The molecule has 0 saturated carbocycles. The van der Waals surface area contributed by atoms with Gasteiger partial charge in [0.05, 0.1) is 11.1 Å². The number of hydrogen-bond acceptors (Lipinski definition) is 5. The third-order valence-corrected chi connectivity index (χ3v) is 4.36. The Balaban J connectivity index is 1.72. The van der Waals surface area contributed by atoms with Gasteiger partial charge in [0.25, 0.3) is 17.7 Å². The molecule has 7 heteroatoms. The lowest BCUT2D eigenvalue weighted by molar-refractivity contribution is -0.148. The van der Waals surface area contributed by atoms with E-state index in [4.69, 9.17) is 4.74 Å². The molecule has 1 aromatic rings. The first-order valence-corrected chi connectivity index (χ1v) is 8.88. The number of hydrogen-bond donors (Lipinski definition) is 1. The number of amides is 3. The SMILES string of the molecule is CCC(CC)NC(=O)COC(=O)CCCN1C(=O)c2ccccc2C1=O. The summed E-state index contributed by atoms with van der Waals surface area (Å²) < 4.78 is 4.93. The van der Waals surface area contributed by atoms with Crippen LogP contribution in [0, 0.1) is 0 Å². The lowest BCUT2D eigenvalue weighted by Crippen LogP contribution is -2.37. The van der Waals surface area contributed by atoms with E-state index in [1.54, 1.807) is 24.3 Å². The molecule has 1 heterocycles. The van der Waals surface area contributed by atoms with Gasteiger partial charge in [-0.2, -0.15) is 0 Å². The minimum Gasteiger partial charge on any atom is -0.456 e. The normalized spacial score (nSPS) is 13.1. The van der Waals surface area contributed by atoms with E-state index in [2.05, 4.69) is 5.32 Å². The van der Waals surface area contributed by atoms with Crippen LogP contribution in [0.3, 0.4) is 0 Å². The fourth-order valence-corrected chi connectivity index (χ4v) is 2.80. The standard InChI is InChI=1S/C19H24N2O5/c1-3-13(4-2)20-16(22)12-26-17(23)10-7-11-21-18(24)14-8-5-6-9-15(14)19(21)25/h5-6,8-9,13H,3-4,7,10-12H2,1-2H3,(H,20,22). The third-order valence-electron chi connectivity index (χ3n) is 4.36. The van der Waals surface area contributed by atoms with Gasteiger partial charge in [-0.25, -0.2) is 0 Å². The molecule has 26 heavy (non-hydrogen) atoms. The van der Waals surface area contributed by atoms with Crippen molar-refractivity contribution in [3.05, 3.63) is 35.4 Å². The van der Waals surface area contributed by atoms with Crippen molar-refractivity contribution in [3.8, 4) is 0 Å². The molecule has 3 amide bonds. The fourth-order valence-electron chi connectivity index (χ4n) is 2.80. The van der Waals surface area contributed by atoms with Crippen LogP contribution >= 0.6 is 0 Å². The molecule has 0 radical (unpaired) electrons. The molecule has 2 rings (SSSR count). The highest BCUT2D eigenvalue weighted by molar-refractivity contribution is 6.21. The second-order valence-corrected chi connectivity index (χ2v) is 6.15. The molecule has 0 bridgehead atoms. The van der Waals surface area contributed by atoms with Crippen molar-refractivity contribution in [2.24, 2.45) is 0 Å². The maximum atomic E-state index is 12.2. The molecule has 0 unspecified atom stereocenters. The van der Waals surface area contributed by atoms with Crippen LogP contribution in [0.4, 0.5) is 0 Å². The highest BCUT2D eigenvalue weighted by Gasteiger charge is 2.34. The molecule has 0 spiro atoms. The molecular weight excluding hydrogens is 336 g/mol.